The van der Waals surface area contributed by atoms with Gasteiger partial charge in [0.1, 0.15) is 0 Å². The summed E-state index contributed by atoms with van der Waals surface area (Å²) in [5, 5.41) is 6.13. The van der Waals surface area contributed by atoms with Crippen molar-refractivity contribution in [2.45, 2.75) is 0 Å². The Morgan fingerprint density at radius 2 is 1.57 bits per heavy atom. The van der Waals surface area contributed by atoms with Crippen LogP contribution in [0.5, 0.6) is 0 Å². The average molecular weight is 274 g/mol. The van der Waals surface area contributed by atoms with Crippen molar-refractivity contribution < 1.29 is 4.79 Å². The number of carbonyl (C=O) groups is 1. The first-order chi connectivity index (χ1) is 10.3. The van der Waals surface area contributed by atoms with Gasteiger partial charge in [-0.05, 0) is 28.5 Å². The lowest BCUT2D eigenvalue weighted by Gasteiger charge is -2.02. The minimum Gasteiger partial charge on any atom is -0.267 e. The number of rotatable bonds is 3. The smallest absolute Gasteiger partial charge is 0.267 e. The zero-order chi connectivity index (χ0) is 14.5. The standard InChI is InChI=1S/C18H14N2O/c21-18(20-19-13-14-6-2-1-3-7-14)17-11-10-15-8-4-5-9-16(15)12-17/h1-13H,(H,20,21)/b19-13-. The second-order valence-electron chi connectivity index (χ2n) is 4.67. The van der Waals surface area contributed by atoms with Crippen molar-refractivity contribution in [3.63, 3.8) is 0 Å². The summed E-state index contributed by atoms with van der Waals surface area (Å²) >= 11 is 0. The van der Waals surface area contributed by atoms with Crippen LogP contribution in [0.2, 0.25) is 0 Å². The van der Waals surface area contributed by atoms with E-state index in [1.807, 2.05) is 66.7 Å². The molecule has 0 bridgehead atoms. The van der Waals surface area contributed by atoms with Gasteiger partial charge in [-0.3, -0.25) is 4.79 Å². The fourth-order valence-corrected chi connectivity index (χ4v) is 2.10. The van der Waals surface area contributed by atoms with Crippen LogP contribution in [0.3, 0.4) is 0 Å². The number of nitrogens with zero attached hydrogens (tertiary/aromatic N) is 1. The Bertz CT molecular complexity index is 794. The van der Waals surface area contributed by atoms with Crippen LogP contribution in [0.25, 0.3) is 10.8 Å². The highest BCUT2D eigenvalue weighted by Gasteiger charge is 2.04. The van der Waals surface area contributed by atoms with Crippen LogP contribution in [0.1, 0.15) is 15.9 Å². The Hall–Kier alpha value is -2.94. The molecular weight excluding hydrogens is 260 g/mol. The molecule has 0 aromatic heterocycles. The minimum absolute atomic E-state index is 0.215. The quantitative estimate of drug-likeness (QED) is 0.575. The minimum atomic E-state index is -0.215. The summed E-state index contributed by atoms with van der Waals surface area (Å²) in [6.45, 7) is 0. The van der Waals surface area contributed by atoms with E-state index in [-0.39, 0.29) is 5.91 Å². The van der Waals surface area contributed by atoms with Crippen LogP contribution < -0.4 is 5.43 Å². The molecule has 3 heteroatoms. The van der Waals surface area contributed by atoms with Gasteiger partial charge in [0.25, 0.3) is 5.91 Å². The molecule has 0 aliphatic carbocycles. The number of nitrogens with one attached hydrogen (secondary N) is 1. The van der Waals surface area contributed by atoms with Crippen LogP contribution in [0, 0.1) is 0 Å². The summed E-state index contributed by atoms with van der Waals surface area (Å²) in [4.78, 5) is 12.1. The molecule has 1 N–H and O–H groups in total. The second-order valence-corrected chi connectivity index (χ2v) is 4.67. The SMILES string of the molecule is O=C(N/N=C\c1ccccc1)c1ccc2ccccc2c1. The second kappa shape index (κ2) is 6.01. The number of benzene rings is 3. The van der Waals surface area contributed by atoms with Gasteiger partial charge in [0.05, 0.1) is 6.21 Å². The first-order valence-electron chi connectivity index (χ1n) is 6.70. The summed E-state index contributed by atoms with van der Waals surface area (Å²) in [7, 11) is 0. The fourth-order valence-electron chi connectivity index (χ4n) is 2.10. The molecule has 0 aliphatic rings. The van der Waals surface area contributed by atoms with Gasteiger partial charge in [-0.1, -0.05) is 60.7 Å². The highest BCUT2D eigenvalue weighted by molar-refractivity contribution is 5.98. The molecule has 3 nitrogen and oxygen atoms in total. The van der Waals surface area contributed by atoms with Crippen molar-refractivity contribution in [3.8, 4) is 0 Å². The van der Waals surface area contributed by atoms with Crippen molar-refractivity contribution in [1.29, 1.82) is 0 Å². The summed E-state index contributed by atoms with van der Waals surface area (Å²) in [5.41, 5.74) is 4.08. The van der Waals surface area contributed by atoms with Gasteiger partial charge in [-0.2, -0.15) is 5.10 Å². The lowest BCUT2D eigenvalue weighted by Crippen LogP contribution is -2.17. The van der Waals surface area contributed by atoms with Crippen molar-refractivity contribution >= 4 is 22.9 Å². The van der Waals surface area contributed by atoms with E-state index in [2.05, 4.69) is 10.5 Å². The third kappa shape index (κ3) is 3.15. The summed E-state index contributed by atoms with van der Waals surface area (Å²) in [5.74, 6) is -0.215. The number of hydrogen-bond donors (Lipinski definition) is 1. The molecule has 3 aromatic carbocycles. The van der Waals surface area contributed by atoms with E-state index in [0.29, 0.717) is 5.56 Å². The molecule has 0 saturated heterocycles. The van der Waals surface area contributed by atoms with Crippen molar-refractivity contribution in [2.24, 2.45) is 5.10 Å². The highest BCUT2D eigenvalue weighted by atomic mass is 16.2. The molecule has 0 atom stereocenters. The lowest BCUT2D eigenvalue weighted by molar-refractivity contribution is 0.0955. The molecule has 1 amide bonds. The Kier molecular flexibility index (Phi) is 3.74. The fraction of sp³-hybridized carbons (Fsp3) is 0. The van der Waals surface area contributed by atoms with Crippen LogP contribution >= 0.6 is 0 Å². The Morgan fingerprint density at radius 1 is 0.857 bits per heavy atom. The van der Waals surface area contributed by atoms with E-state index < -0.39 is 0 Å². The molecule has 21 heavy (non-hydrogen) atoms. The van der Waals surface area contributed by atoms with Gasteiger partial charge in [-0.25, -0.2) is 5.43 Å². The molecule has 0 spiro atoms. The largest absolute Gasteiger partial charge is 0.271 e. The summed E-state index contributed by atoms with van der Waals surface area (Å²) in [6.07, 6.45) is 1.62. The van der Waals surface area contributed by atoms with E-state index in [1.54, 1.807) is 12.3 Å². The highest BCUT2D eigenvalue weighted by Crippen LogP contribution is 2.15. The maximum absolute atomic E-state index is 12.1. The van der Waals surface area contributed by atoms with E-state index in [4.69, 9.17) is 0 Å². The van der Waals surface area contributed by atoms with Crippen LogP contribution in [-0.2, 0) is 0 Å². The van der Waals surface area contributed by atoms with E-state index >= 15 is 0 Å². The summed E-state index contributed by atoms with van der Waals surface area (Å²) < 4.78 is 0. The molecule has 3 rings (SSSR count). The monoisotopic (exact) mass is 274 g/mol. The lowest BCUT2D eigenvalue weighted by atomic mass is 10.1. The molecule has 0 fully saturated rings. The predicted octanol–water partition coefficient (Wildman–Crippen LogP) is 3.60. The maximum Gasteiger partial charge on any atom is 0.271 e. The van der Waals surface area contributed by atoms with Gasteiger partial charge >= 0.3 is 0 Å². The molecule has 0 radical (unpaired) electrons. The molecule has 0 heterocycles. The van der Waals surface area contributed by atoms with Crippen molar-refractivity contribution in [3.05, 3.63) is 83.9 Å². The van der Waals surface area contributed by atoms with Crippen molar-refractivity contribution in [1.82, 2.24) is 5.43 Å². The van der Waals surface area contributed by atoms with Gasteiger partial charge in [0.15, 0.2) is 0 Å². The molecule has 102 valence electrons. The molecular formula is C18H14N2O. The van der Waals surface area contributed by atoms with Crippen LogP contribution in [0.15, 0.2) is 77.9 Å². The van der Waals surface area contributed by atoms with E-state index in [9.17, 15) is 4.79 Å². The zero-order valence-corrected chi connectivity index (χ0v) is 11.4. The predicted molar refractivity (Wildman–Crippen MR) is 85.5 cm³/mol. The van der Waals surface area contributed by atoms with E-state index in [0.717, 1.165) is 16.3 Å². The Balaban J connectivity index is 1.73. The zero-order valence-electron chi connectivity index (χ0n) is 11.4. The Morgan fingerprint density at radius 3 is 2.38 bits per heavy atom. The number of carbonyl (C=O) groups excluding carboxylic acids is 1. The topological polar surface area (TPSA) is 41.5 Å². The molecule has 0 saturated carbocycles. The normalized spacial score (nSPS) is 10.9. The third-order valence-corrected chi connectivity index (χ3v) is 3.19. The molecule has 0 unspecified atom stereocenters. The maximum atomic E-state index is 12.1. The van der Waals surface area contributed by atoms with Crippen LogP contribution in [-0.4, -0.2) is 12.1 Å². The summed E-state index contributed by atoms with van der Waals surface area (Å²) in [6, 6.07) is 23.2. The van der Waals surface area contributed by atoms with Gasteiger partial charge in [0, 0.05) is 5.56 Å². The molecule has 3 aromatic rings. The van der Waals surface area contributed by atoms with Gasteiger partial charge in [-0.15, -0.1) is 0 Å². The average Bonchev–Trinajstić information content (AvgIpc) is 2.55. The van der Waals surface area contributed by atoms with Crippen molar-refractivity contribution in [2.75, 3.05) is 0 Å². The third-order valence-electron chi connectivity index (χ3n) is 3.19. The van der Waals surface area contributed by atoms with Gasteiger partial charge < -0.3 is 0 Å². The first-order valence-corrected chi connectivity index (χ1v) is 6.70. The first kappa shape index (κ1) is 13.1. The van der Waals surface area contributed by atoms with E-state index in [1.165, 1.54) is 0 Å². The number of hydrogen-bond acceptors (Lipinski definition) is 2. The van der Waals surface area contributed by atoms with Crippen LogP contribution in [0.4, 0.5) is 0 Å². The number of amides is 1. The van der Waals surface area contributed by atoms with Gasteiger partial charge in [0.2, 0.25) is 0 Å². The molecule has 0 aliphatic heterocycles. The number of hydrazone groups is 1. The Labute approximate surface area is 122 Å². The number of fused-ring (bicyclic) bond motifs is 1.